The van der Waals surface area contributed by atoms with Crippen LogP contribution in [0.3, 0.4) is 0 Å². The quantitative estimate of drug-likeness (QED) is 0.686. The van der Waals surface area contributed by atoms with Crippen molar-refractivity contribution < 1.29 is 9.66 Å². The molecule has 8 heteroatoms. The van der Waals surface area contributed by atoms with Gasteiger partial charge in [-0.1, -0.05) is 12.1 Å². The van der Waals surface area contributed by atoms with Crippen LogP contribution in [0.15, 0.2) is 34.9 Å². The highest BCUT2D eigenvalue weighted by Gasteiger charge is 2.20. The molecule has 0 spiro atoms. The van der Waals surface area contributed by atoms with Crippen molar-refractivity contribution >= 4 is 27.6 Å². The number of para-hydroxylation sites is 1. The van der Waals surface area contributed by atoms with E-state index in [0.717, 1.165) is 6.20 Å². The molecule has 2 rings (SSSR count). The zero-order valence-electron chi connectivity index (χ0n) is 9.83. The molecule has 0 amide bonds. The molecular formula is C11H9BrN4O3. The summed E-state index contributed by atoms with van der Waals surface area (Å²) >= 11 is 3.30. The first-order valence-electron chi connectivity index (χ1n) is 5.23. The van der Waals surface area contributed by atoms with E-state index in [1.54, 1.807) is 25.2 Å². The zero-order chi connectivity index (χ0) is 13.8. The van der Waals surface area contributed by atoms with Crippen molar-refractivity contribution in [1.29, 1.82) is 0 Å². The van der Waals surface area contributed by atoms with Crippen LogP contribution in [-0.2, 0) is 0 Å². The lowest BCUT2D eigenvalue weighted by molar-refractivity contribution is -0.386. The van der Waals surface area contributed by atoms with Crippen molar-refractivity contribution in [2.24, 2.45) is 0 Å². The number of rotatable bonds is 4. The van der Waals surface area contributed by atoms with E-state index in [9.17, 15) is 10.1 Å². The summed E-state index contributed by atoms with van der Waals surface area (Å²) in [7, 11) is 1.61. The Balaban J connectivity index is 2.43. The van der Waals surface area contributed by atoms with E-state index in [1.165, 1.54) is 0 Å². The summed E-state index contributed by atoms with van der Waals surface area (Å²) in [5, 5.41) is 13.6. The molecule has 0 saturated heterocycles. The number of ether oxygens (including phenoxy) is 1. The molecule has 0 fully saturated rings. The van der Waals surface area contributed by atoms with Crippen molar-refractivity contribution in [3.05, 3.63) is 45.0 Å². The lowest BCUT2D eigenvalue weighted by atomic mass is 10.3. The highest BCUT2D eigenvalue weighted by atomic mass is 79.9. The number of aromatic nitrogens is 2. The second-order valence-corrected chi connectivity index (χ2v) is 4.28. The summed E-state index contributed by atoms with van der Waals surface area (Å²) in [5.74, 6) is 0.565. The molecule has 0 aliphatic heterocycles. The van der Waals surface area contributed by atoms with E-state index in [1.807, 2.05) is 6.07 Å². The van der Waals surface area contributed by atoms with Gasteiger partial charge in [0, 0.05) is 7.05 Å². The van der Waals surface area contributed by atoms with Gasteiger partial charge in [-0.25, -0.2) is 4.98 Å². The molecule has 0 radical (unpaired) electrons. The molecule has 1 heterocycles. The largest absolute Gasteiger partial charge is 0.432 e. The average Bonchev–Trinajstić information content (AvgIpc) is 2.41. The van der Waals surface area contributed by atoms with Crippen molar-refractivity contribution in [2.45, 2.75) is 0 Å². The summed E-state index contributed by atoms with van der Waals surface area (Å²) in [6.45, 7) is 0. The minimum atomic E-state index is -0.592. The number of hydrogen-bond acceptors (Lipinski definition) is 6. The number of nitro groups is 1. The summed E-state index contributed by atoms with van der Waals surface area (Å²) < 4.78 is 6.14. The fourth-order valence-electron chi connectivity index (χ4n) is 1.31. The molecular weight excluding hydrogens is 316 g/mol. The van der Waals surface area contributed by atoms with E-state index in [-0.39, 0.29) is 17.5 Å². The number of hydrogen-bond donors (Lipinski definition) is 1. The Morgan fingerprint density at radius 1 is 1.42 bits per heavy atom. The van der Waals surface area contributed by atoms with Crippen LogP contribution in [0.25, 0.3) is 0 Å². The molecule has 0 unspecified atom stereocenters. The van der Waals surface area contributed by atoms with Crippen LogP contribution in [-0.4, -0.2) is 21.9 Å². The predicted octanol–water partition coefficient (Wildman–Crippen LogP) is 2.98. The van der Waals surface area contributed by atoms with E-state index in [2.05, 4.69) is 31.2 Å². The third-order valence-corrected chi connectivity index (χ3v) is 2.85. The maximum absolute atomic E-state index is 10.9. The van der Waals surface area contributed by atoms with Crippen LogP contribution in [0.2, 0.25) is 0 Å². The lowest BCUT2D eigenvalue weighted by Gasteiger charge is -2.07. The lowest BCUT2D eigenvalue weighted by Crippen LogP contribution is -2.02. The zero-order valence-corrected chi connectivity index (χ0v) is 11.4. The van der Waals surface area contributed by atoms with Crippen LogP contribution in [0.5, 0.6) is 11.6 Å². The van der Waals surface area contributed by atoms with Crippen LogP contribution >= 0.6 is 15.9 Å². The Morgan fingerprint density at radius 3 is 2.79 bits per heavy atom. The first-order valence-corrected chi connectivity index (χ1v) is 6.02. The molecule has 0 aliphatic carbocycles. The van der Waals surface area contributed by atoms with Crippen molar-refractivity contribution in [3.63, 3.8) is 0 Å². The minimum absolute atomic E-state index is 0.115. The second kappa shape index (κ2) is 5.61. The first kappa shape index (κ1) is 13.2. The van der Waals surface area contributed by atoms with Gasteiger partial charge in [-0.15, -0.1) is 0 Å². The van der Waals surface area contributed by atoms with E-state index in [4.69, 9.17) is 4.74 Å². The fourth-order valence-corrected chi connectivity index (χ4v) is 1.68. The molecule has 1 aromatic heterocycles. The maximum Gasteiger partial charge on any atom is 0.349 e. The van der Waals surface area contributed by atoms with Gasteiger partial charge in [0.1, 0.15) is 11.9 Å². The highest BCUT2D eigenvalue weighted by molar-refractivity contribution is 9.10. The van der Waals surface area contributed by atoms with E-state index >= 15 is 0 Å². The van der Waals surface area contributed by atoms with Crippen LogP contribution < -0.4 is 10.1 Å². The molecule has 1 aromatic carbocycles. The molecule has 2 aromatic rings. The average molecular weight is 325 g/mol. The number of halogens is 1. The van der Waals surface area contributed by atoms with Gasteiger partial charge >= 0.3 is 11.6 Å². The minimum Gasteiger partial charge on any atom is -0.432 e. The molecule has 7 nitrogen and oxygen atoms in total. The monoisotopic (exact) mass is 324 g/mol. The second-order valence-electron chi connectivity index (χ2n) is 3.42. The van der Waals surface area contributed by atoms with Gasteiger partial charge < -0.3 is 10.1 Å². The van der Waals surface area contributed by atoms with Gasteiger partial charge in [-0.3, -0.25) is 10.1 Å². The van der Waals surface area contributed by atoms with Gasteiger partial charge in [0.15, 0.2) is 0 Å². The SMILES string of the molecule is CNc1ncc([N+](=O)[O-])c(Oc2ccccc2Br)n1. The number of benzene rings is 1. The first-order chi connectivity index (χ1) is 9.11. The van der Waals surface area contributed by atoms with Crippen molar-refractivity contribution in [1.82, 2.24) is 9.97 Å². The number of nitrogens with one attached hydrogen (secondary N) is 1. The number of nitrogens with zero attached hydrogens (tertiary/aromatic N) is 3. The van der Waals surface area contributed by atoms with Gasteiger partial charge in [-0.05, 0) is 28.1 Å². The van der Waals surface area contributed by atoms with Crippen molar-refractivity contribution in [2.75, 3.05) is 12.4 Å². The Bertz CT molecular complexity index is 621. The van der Waals surface area contributed by atoms with Gasteiger partial charge in [0.05, 0.1) is 9.40 Å². The third kappa shape index (κ3) is 2.97. The summed E-state index contributed by atoms with van der Waals surface area (Å²) in [5.41, 5.74) is -0.297. The van der Waals surface area contributed by atoms with Gasteiger partial charge in [-0.2, -0.15) is 4.98 Å². The Labute approximate surface area is 116 Å². The Hall–Kier alpha value is -2.22. The normalized spacial score (nSPS) is 10.0. The Morgan fingerprint density at radius 2 is 2.16 bits per heavy atom. The van der Waals surface area contributed by atoms with Crippen LogP contribution in [0.1, 0.15) is 0 Å². The molecule has 0 bridgehead atoms. The summed E-state index contributed by atoms with van der Waals surface area (Å²) in [4.78, 5) is 18.0. The Kier molecular flexibility index (Phi) is 3.91. The van der Waals surface area contributed by atoms with Crippen molar-refractivity contribution in [3.8, 4) is 11.6 Å². The van der Waals surface area contributed by atoms with Crippen LogP contribution in [0.4, 0.5) is 11.6 Å². The van der Waals surface area contributed by atoms with Gasteiger partial charge in [0.25, 0.3) is 0 Å². The van der Waals surface area contributed by atoms with E-state index in [0.29, 0.717) is 10.2 Å². The smallest absolute Gasteiger partial charge is 0.349 e. The van der Waals surface area contributed by atoms with Gasteiger partial charge in [0.2, 0.25) is 5.95 Å². The van der Waals surface area contributed by atoms with Crippen LogP contribution in [0, 0.1) is 10.1 Å². The highest BCUT2D eigenvalue weighted by Crippen LogP contribution is 2.33. The molecule has 0 atom stereocenters. The predicted molar refractivity (Wildman–Crippen MR) is 72.4 cm³/mol. The molecule has 1 N–H and O–H groups in total. The molecule has 0 aliphatic rings. The summed E-state index contributed by atoms with van der Waals surface area (Å²) in [6, 6.07) is 7.01. The molecule has 98 valence electrons. The molecule has 19 heavy (non-hydrogen) atoms. The molecule has 0 saturated carbocycles. The standard InChI is InChI=1S/C11H9BrN4O3/c1-13-11-14-6-8(16(17)18)10(15-11)19-9-5-3-2-4-7(9)12/h2-6H,1H3,(H,13,14,15). The topological polar surface area (TPSA) is 90.2 Å². The summed E-state index contributed by atoms with van der Waals surface area (Å²) in [6.07, 6.45) is 1.10. The maximum atomic E-state index is 10.9. The number of anilines is 1. The van der Waals surface area contributed by atoms with E-state index < -0.39 is 4.92 Å². The third-order valence-electron chi connectivity index (χ3n) is 2.20. The fraction of sp³-hybridized carbons (Fsp3) is 0.0909.